The molecule has 2 aliphatic heterocycles. The Kier molecular flexibility index (Phi) is 3.71. The number of hydrogen-bond donors (Lipinski definition) is 0. The number of aromatic nitrogens is 3. The van der Waals surface area contributed by atoms with Crippen LogP contribution in [0.2, 0.25) is 0 Å². The number of nitrogens with zero attached hydrogens (tertiary/aromatic N) is 4. The lowest BCUT2D eigenvalue weighted by molar-refractivity contribution is 0.104. The van der Waals surface area contributed by atoms with Crippen molar-refractivity contribution in [2.45, 2.75) is 25.4 Å². The van der Waals surface area contributed by atoms with Gasteiger partial charge in [0, 0.05) is 42.9 Å². The Morgan fingerprint density at radius 1 is 1.04 bits per heavy atom. The van der Waals surface area contributed by atoms with Crippen molar-refractivity contribution in [1.29, 1.82) is 0 Å². The molecule has 2 aromatic heterocycles. The van der Waals surface area contributed by atoms with Crippen LogP contribution in [0.15, 0.2) is 57.8 Å². The average molecular weight is 348 g/mol. The summed E-state index contributed by atoms with van der Waals surface area (Å²) in [5.41, 5.74) is 2.25. The van der Waals surface area contributed by atoms with E-state index in [0.717, 1.165) is 37.3 Å². The van der Waals surface area contributed by atoms with Gasteiger partial charge in [0.2, 0.25) is 11.7 Å². The minimum atomic E-state index is 0.120. The maximum absolute atomic E-state index is 12.1. The summed E-state index contributed by atoms with van der Waals surface area (Å²) in [6.45, 7) is 3.34. The highest BCUT2D eigenvalue weighted by Crippen LogP contribution is 2.35. The number of benzene rings is 1. The van der Waals surface area contributed by atoms with Crippen LogP contribution >= 0.6 is 0 Å². The van der Waals surface area contributed by atoms with E-state index < -0.39 is 0 Å². The molecule has 2 bridgehead atoms. The van der Waals surface area contributed by atoms with Gasteiger partial charge in [-0.25, -0.2) is 0 Å². The summed E-state index contributed by atoms with van der Waals surface area (Å²) < 4.78 is 7.43. The predicted octanol–water partition coefficient (Wildman–Crippen LogP) is 2.52. The summed E-state index contributed by atoms with van der Waals surface area (Å²) in [6.07, 6.45) is 1.15. The molecule has 1 aromatic carbocycles. The first-order valence-corrected chi connectivity index (χ1v) is 9.06. The molecule has 0 radical (unpaired) electrons. The highest BCUT2D eigenvalue weighted by atomic mass is 16.5. The van der Waals surface area contributed by atoms with Crippen molar-refractivity contribution in [1.82, 2.24) is 19.6 Å². The zero-order valence-corrected chi connectivity index (χ0v) is 14.4. The van der Waals surface area contributed by atoms with Crippen LogP contribution in [-0.4, -0.2) is 32.7 Å². The summed E-state index contributed by atoms with van der Waals surface area (Å²) >= 11 is 0. The zero-order valence-electron chi connectivity index (χ0n) is 14.4. The largest absolute Gasteiger partial charge is 0.338 e. The van der Waals surface area contributed by atoms with E-state index in [1.54, 1.807) is 6.07 Å². The Bertz CT molecular complexity index is 979. The minimum Gasteiger partial charge on any atom is -0.338 e. The fourth-order valence-corrected chi connectivity index (χ4v) is 4.34. The smallest absolute Gasteiger partial charge is 0.250 e. The zero-order chi connectivity index (χ0) is 17.5. The van der Waals surface area contributed by atoms with E-state index in [1.165, 1.54) is 0 Å². The van der Waals surface area contributed by atoms with Gasteiger partial charge < -0.3 is 9.09 Å². The molecule has 1 saturated heterocycles. The van der Waals surface area contributed by atoms with E-state index in [9.17, 15) is 4.79 Å². The minimum absolute atomic E-state index is 0.120. The maximum atomic E-state index is 12.1. The molecule has 0 amide bonds. The number of pyridine rings is 1. The Morgan fingerprint density at radius 3 is 2.81 bits per heavy atom. The van der Waals surface area contributed by atoms with Crippen molar-refractivity contribution in [2.75, 3.05) is 13.1 Å². The average Bonchev–Trinajstić information content (AvgIpc) is 3.12. The summed E-state index contributed by atoms with van der Waals surface area (Å²) in [5, 5.41) is 4.11. The van der Waals surface area contributed by atoms with Crippen LogP contribution < -0.4 is 5.56 Å². The van der Waals surface area contributed by atoms with Crippen LogP contribution in [0.4, 0.5) is 0 Å². The lowest BCUT2D eigenvalue weighted by atomic mass is 9.83. The topological polar surface area (TPSA) is 64.2 Å². The monoisotopic (exact) mass is 348 g/mol. The lowest BCUT2D eigenvalue weighted by Crippen LogP contribution is -2.46. The molecule has 5 rings (SSSR count). The number of fused-ring (bicyclic) bond motifs is 4. The Morgan fingerprint density at radius 2 is 1.92 bits per heavy atom. The fourth-order valence-electron chi connectivity index (χ4n) is 4.34. The fraction of sp³-hybridized carbons (Fsp3) is 0.350. The van der Waals surface area contributed by atoms with Gasteiger partial charge in [-0.2, -0.15) is 4.98 Å². The molecular weight excluding hydrogens is 328 g/mol. The van der Waals surface area contributed by atoms with Crippen molar-refractivity contribution in [3.63, 3.8) is 0 Å². The van der Waals surface area contributed by atoms with E-state index in [2.05, 4.69) is 21.1 Å². The maximum Gasteiger partial charge on any atom is 0.250 e. The first-order valence-electron chi connectivity index (χ1n) is 9.06. The van der Waals surface area contributed by atoms with Crippen molar-refractivity contribution < 1.29 is 4.52 Å². The molecule has 3 aromatic rings. The third kappa shape index (κ3) is 2.76. The van der Waals surface area contributed by atoms with Gasteiger partial charge in [-0.15, -0.1) is 0 Å². The van der Waals surface area contributed by atoms with E-state index >= 15 is 0 Å². The van der Waals surface area contributed by atoms with E-state index in [0.29, 0.717) is 30.1 Å². The molecule has 2 unspecified atom stereocenters. The number of rotatable bonds is 3. The van der Waals surface area contributed by atoms with Crippen LogP contribution in [0.5, 0.6) is 0 Å². The number of hydrogen-bond acceptors (Lipinski definition) is 5. The second kappa shape index (κ2) is 6.21. The van der Waals surface area contributed by atoms with Gasteiger partial charge in [0.15, 0.2) is 0 Å². The standard InChI is InChI=1S/C20H20N4O2/c25-19-8-4-7-17-16-9-14(11-24(17)19)10-23(12-16)13-18-21-20(22-26-18)15-5-2-1-3-6-15/h1-8,14,16H,9-13H2. The molecule has 1 fully saturated rings. The third-order valence-corrected chi connectivity index (χ3v) is 5.41. The lowest BCUT2D eigenvalue weighted by Gasteiger charge is -2.42. The first-order chi connectivity index (χ1) is 12.8. The van der Waals surface area contributed by atoms with Crippen molar-refractivity contribution >= 4 is 0 Å². The Balaban J connectivity index is 1.34. The van der Waals surface area contributed by atoms with Crippen LogP contribution in [0.1, 0.15) is 23.9 Å². The molecule has 0 aliphatic carbocycles. The molecule has 6 heteroatoms. The molecule has 4 heterocycles. The van der Waals surface area contributed by atoms with Crippen LogP contribution in [0.25, 0.3) is 11.4 Å². The van der Waals surface area contributed by atoms with Gasteiger partial charge in [0.25, 0.3) is 5.56 Å². The molecule has 0 saturated carbocycles. The number of piperidine rings is 1. The van der Waals surface area contributed by atoms with Gasteiger partial charge in [-0.05, 0) is 18.4 Å². The predicted molar refractivity (Wildman–Crippen MR) is 96.6 cm³/mol. The summed E-state index contributed by atoms with van der Waals surface area (Å²) in [4.78, 5) is 19.1. The Hall–Kier alpha value is -2.73. The summed E-state index contributed by atoms with van der Waals surface area (Å²) in [7, 11) is 0. The quantitative estimate of drug-likeness (QED) is 0.728. The SMILES string of the molecule is O=c1cccc2n1CC1CC2CN(Cc2nc(-c3ccccc3)no2)C1. The molecular formula is C20H20N4O2. The van der Waals surface area contributed by atoms with Gasteiger partial charge in [0.1, 0.15) is 0 Å². The van der Waals surface area contributed by atoms with Crippen molar-refractivity contribution in [3.8, 4) is 11.4 Å². The van der Waals surface area contributed by atoms with Crippen LogP contribution in [-0.2, 0) is 13.1 Å². The number of likely N-dealkylation sites (tertiary alicyclic amines) is 1. The molecule has 0 spiro atoms. The van der Waals surface area contributed by atoms with Crippen LogP contribution in [0, 0.1) is 5.92 Å². The highest BCUT2D eigenvalue weighted by molar-refractivity contribution is 5.53. The van der Waals surface area contributed by atoms with Gasteiger partial charge in [0.05, 0.1) is 6.54 Å². The van der Waals surface area contributed by atoms with Crippen LogP contribution in [0.3, 0.4) is 0 Å². The molecule has 132 valence electrons. The highest BCUT2D eigenvalue weighted by Gasteiger charge is 2.34. The van der Waals surface area contributed by atoms with E-state index in [4.69, 9.17) is 4.52 Å². The molecule has 6 nitrogen and oxygen atoms in total. The third-order valence-electron chi connectivity index (χ3n) is 5.41. The molecule has 0 N–H and O–H groups in total. The van der Waals surface area contributed by atoms with E-state index in [-0.39, 0.29) is 5.56 Å². The normalized spacial score (nSPS) is 22.2. The Labute approximate surface area is 151 Å². The van der Waals surface area contributed by atoms with Gasteiger partial charge >= 0.3 is 0 Å². The van der Waals surface area contributed by atoms with Crippen molar-refractivity contribution in [2.24, 2.45) is 5.92 Å². The molecule has 26 heavy (non-hydrogen) atoms. The van der Waals surface area contributed by atoms with Crippen molar-refractivity contribution in [3.05, 3.63) is 70.5 Å². The second-order valence-electron chi connectivity index (χ2n) is 7.27. The summed E-state index contributed by atoms with van der Waals surface area (Å²) in [6, 6.07) is 15.5. The summed E-state index contributed by atoms with van der Waals surface area (Å²) in [5.74, 6) is 2.18. The second-order valence-corrected chi connectivity index (χ2v) is 7.27. The van der Waals surface area contributed by atoms with Gasteiger partial charge in [-0.1, -0.05) is 41.6 Å². The first kappa shape index (κ1) is 15.5. The molecule has 2 atom stereocenters. The molecule has 2 aliphatic rings. The van der Waals surface area contributed by atoms with Gasteiger partial charge in [-0.3, -0.25) is 9.69 Å². The van der Waals surface area contributed by atoms with E-state index in [1.807, 2.05) is 41.0 Å².